The lowest BCUT2D eigenvalue weighted by Crippen LogP contribution is -2.26. The summed E-state index contributed by atoms with van der Waals surface area (Å²) in [6.45, 7) is 2.97. The maximum atomic E-state index is 8.60. The largest absolute Gasteiger partial charge is 0.297 e. The second-order valence-corrected chi connectivity index (χ2v) is 2.81. The van der Waals surface area contributed by atoms with Gasteiger partial charge in [0, 0.05) is 18.2 Å². The van der Waals surface area contributed by atoms with Crippen LogP contribution in [-0.2, 0) is 0 Å². The van der Waals surface area contributed by atoms with E-state index in [1.165, 1.54) is 0 Å². The maximum Gasteiger partial charge on any atom is 0.0988 e. The Balaban J connectivity index is 2.77. The Morgan fingerprint density at radius 3 is 3.09 bits per heavy atom. The van der Waals surface area contributed by atoms with Crippen molar-refractivity contribution >= 4 is 0 Å². The highest BCUT2D eigenvalue weighted by Gasteiger charge is 2.06. The molecule has 1 atom stereocenters. The number of rotatable bonds is 0. The minimum absolute atomic E-state index is 0.428. The molecule has 0 fully saturated rings. The molecule has 0 aromatic heterocycles. The molecule has 2 nitrogen and oxygen atoms in total. The van der Waals surface area contributed by atoms with E-state index in [9.17, 15) is 0 Å². The summed E-state index contributed by atoms with van der Waals surface area (Å²) in [5.74, 6) is 0. The van der Waals surface area contributed by atoms with Crippen molar-refractivity contribution in [2.24, 2.45) is 0 Å². The predicted octanol–water partition coefficient (Wildman–Crippen LogP) is 1.33. The summed E-state index contributed by atoms with van der Waals surface area (Å²) in [4.78, 5) is 2.18. The highest BCUT2D eigenvalue weighted by Crippen LogP contribution is 2.06. The van der Waals surface area contributed by atoms with Crippen molar-refractivity contribution in [3.8, 4) is 6.07 Å². The molecular formula is C9H12N2. The van der Waals surface area contributed by atoms with Crippen LogP contribution in [0.4, 0.5) is 0 Å². The van der Waals surface area contributed by atoms with Crippen molar-refractivity contribution in [1.29, 1.82) is 5.26 Å². The molecule has 1 aliphatic heterocycles. The maximum absolute atomic E-state index is 8.60. The molecule has 1 rings (SSSR count). The number of nitrogens with zero attached hydrogens (tertiary/aromatic N) is 2. The molecule has 0 spiro atoms. The van der Waals surface area contributed by atoms with Crippen molar-refractivity contribution in [2.45, 2.75) is 13.0 Å². The molecule has 0 saturated heterocycles. The van der Waals surface area contributed by atoms with Crippen LogP contribution in [0, 0.1) is 11.3 Å². The van der Waals surface area contributed by atoms with E-state index in [0.29, 0.717) is 6.04 Å². The zero-order valence-corrected chi connectivity index (χ0v) is 6.91. The third-order valence-corrected chi connectivity index (χ3v) is 1.98. The molecule has 0 bridgehead atoms. The molecule has 0 N–H and O–H groups in total. The van der Waals surface area contributed by atoms with Gasteiger partial charge in [-0.3, -0.25) is 4.90 Å². The Morgan fingerprint density at radius 1 is 1.73 bits per heavy atom. The Labute approximate surface area is 67.4 Å². The van der Waals surface area contributed by atoms with Crippen LogP contribution in [0.5, 0.6) is 0 Å². The standard InChI is InChI=1S/C9H12N2/c1-8-3-4-9(7-10)5-6-11(8)2/h3-5,8H,6H2,1-2H3. The van der Waals surface area contributed by atoms with Gasteiger partial charge in [0.25, 0.3) is 0 Å². The second-order valence-electron chi connectivity index (χ2n) is 2.81. The van der Waals surface area contributed by atoms with E-state index in [-0.39, 0.29) is 0 Å². The Kier molecular flexibility index (Phi) is 2.45. The molecule has 0 aromatic rings. The van der Waals surface area contributed by atoms with E-state index in [0.717, 1.165) is 12.1 Å². The molecule has 1 unspecified atom stereocenters. The van der Waals surface area contributed by atoms with E-state index in [2.05, 4.69) is 17.9 Å². The fraction of sp³-hybridized carbons (Fsp3) is 0.444. The van der Waals surface area contributed by atoms with Crippen molar-refractivity contribution in [3.63, 3.8) is 0 Å². The summed E-state index contributed by atoms with van der Waals surface area (Å²) >= 11 is 0. The van der Waals surface area contributed by atoms with Gasteiger partial charge < -0.3 is 0 Å². The highest BCUT2D eigenvalue weighted by molar-refractivity contribution is 5.34. The van der Waals surface area contributed by atoms with E-state index in [1.807, 2.05) is 25.3 Å². The summed E-state index contributed by atoms with van der Waals surface area (Å²) in [5.41, 5.74) is 0.765. The van der Waals surface area contributed by atoms with Gasteiger partial charge in [0.1, 0.15) is 0 Å². The average Bonchev–Trinajstić information content (AvgIpc) is 2.16. The van der Waals surface area contributed by atoms with Gasteiger partial charge in [-0.2, -0.15) is 5.26 Å². The highest BCUT2D eigenvalue weighted by atomic mass is 15.1. The Hall–Kier alpha value is -1.07. The second kappa shape index (κ2) is 3.36. The van der Waals surface area contributed by atoms with Gasteiger partial charge in [0.2, 0.25) is 0 Å². The lowest BCUT2D eigenvalue weighted by Gasteiger charge is -2.17. The summed E-state index contributed by atoms with van der Waals surface area (Å²) in [6, 6.07) is 2.56. The summed E-state index contributed by atoms with van der Waals surface area (Å²) in [7, 11) is 2.05. The van der Waals surface area contributed by atoms with Crippen LogP contribution in [0.1, 0.15) is 6.92 Å². The summed E-state index contributed by atoms with van der Waals surface area (Å²) in [5, 5.41) is 8.60. The Morgan fingerprint density at radius 2 is 2.45 bits per heavy atom. The van der Waals surface area contributed by atoms with Crippen molar-refractivity contribution < 1.29 is 0 Å². The third kappa shape index (κ3) is 1.92. The molecule has 1 heterocycles. The normalized spacial score (nSPS) is 25.5. The van der Waals surface area contributed by atoms with Crippen molar-refractivity contribution in [3.05, 3.63) is 23.8 Å². The summed E-state index contributed by atoms with van der Waals surface area (Å²) in [6.07, 6.45) is 5.87. The van der Waals surface area contributed by atoms with Crippen LogP contribution in [-0.4, -0.2) is 24.5 Å². The van der Waals surface area contributed by atoms with E-state index >= 15 is 0 Å². The van der Waals surface area contributed by atoms with Gasteiger partial charge in [-0.05, 0) is 20.0 Å². The first-order valence-corrected chi connectivity index (χ1v) is 3.72. The molecular weight excluding hydrogens is 136 g/mol. The van der Waals surface area contributed by atoms with Crippen molar-refractivity contribution in [1.82, 2.24) is 4.90 Å². The third-order valence-electron chi connectivity index (χ3n) is 1.98. The molecule has 58 valence electrons. The van der Waals surface area contributed by atoms with Crippen LogP contribution < -0.4 is 0 Å². The molecule has 0 radical (unpaired) electrons. The molecule has 11 heavy (non-hydrogen) atoms. The zero-order valence-electron chi connectivity index (χ0n) is 6.91. The molecule has 2 heteroatoms. The van der Waals surface area contributed by atoms with Crippen LogP contribution >= 0.6 is 0 Å². The lowest BCUT2D eigenvalue weighted by atomic mass is 10.2. The monoisotopic (exact) mass is 148 g/mol. The number of likely N-dealkylation sites (N-methyl/N-ethyl adjacent to an activating group) is 1. The molecule has 0 amide bonds. The minimum atomic E-state index is 0.428. The van der Waals surface area contributed by atoms with Gasteiger partial charge in [-0.15, -0.1) is 0 Å². The predicted molar refractivity (Wildman–Crippen MR) is 44.9 cm³/mol. The molecule has 0 aromatic carbocycles. The number of allylic oxidation sites excluding steroid dienone is 2. The van der Waals surface area contributed by atoms with Crippen LogP contribution in [0.2, 0.25) is 0 Å². The molecule has 1 aliphatic rings. The Bertz CT molecular complexity index is 232. The molecule has 0 saturated carbocycles. The number of hydrogen-bond donors (Lipinski definition) is 0. The summed E-state index contributed by atoms with van der Waals surface area (Å²) < 4.78 is 0. The SMILES string of the molecule is CC1C=CC(C#N)=CCN1C. The molecule has 0 aliphatic carbocycles. The van der Waals surface area contributed by atoms with Gasteiger partial charge in [0.15, 0.2) is 0 Å². The fourth-order valence-corrected chi connectivity index (χ4v) is 0.949. The topological polar surface area (TPSA) is 27.0 Å². The van der Waals surface area contributed by atoms with Gasteiger partial charge in [-0.25, -0.2) is 0 Å². The minimum Gasteiger partial charge on any atom is -0.297 e. The van der Waals surface area contributed by atoms with E-state index < -0.39 is 0 Å². The van der Waals surface area contributed by atoms with Crippen LogP contribution in [0.3, 0.4) is 0 Å². The number of hydrogen-bond acceptors (Lipinski definition) is 2. The first-order chi connectivity index (χ1) is 5.24. The van der Waals surface area contributed by atoms with E-state index in [1.54, 1.807) is 0 Å². The quantitative estimate of drug-likeness (QED) is 0.518. The van der Waals surface area contributed by atoms with Gasteiger partial charge >= 0.3 is 0 Å². The first-order valence-electron chi connectivity index (χ1n) is 3.72. The van der Waals surface area contributed by atoms with Crippen LogP contribution in [0.25, 0.3) is 0 Å². The first kappa shape index (κ1) is 8.03. The van der Waals surface area contributed by atoms with Crippen molar-refractivity contribution in [2.75, 3.05) is 13.6 Å². The average molecular weight is 148 g/mol. The smallest absolute Gasteiger partial charge is 0.0988 e. The lowest BCUT2D eigenvalue weighted by molar-refractivity contribution is 0.331. The van der Waals surface area contributed by atoms with Crippen LogP contribution in [0.15, 0.2) is 23.8 Å². The van der Waals surface area contributed by atoms with E-state index in [4.69, 9.17) is 5.26 Å². The van der Waals surface area contributed by atoms with Gasteiger partial charge in [0.05, 0.1) is 6.07 Å². The van der Waals surface area contributed by atoms with Gasteiger partial charge in [-0.1, -0.05) is 12.2 Å². The number of nitriles is 1. The fourth-order valence-electron chi connectivity index (χ4n) is 0.949. The zero-order chi connectivity index (χ0) is 8.27.